The SMILES string of the molecule is CCCNS(=O)(=O)c1cn(C2CCCC2)nc1-c1ccccc1. The van der Waals surface area contributed by atoms with Crippen LogP contribution >= 0.6 is 0 Å². The number of aromatic nitrogens is 2. The first-order valence-corrected chi connectivity index (χ1v) is 9.74. The Morgan fingerprint density at radius 2 is 1.91 bits per heavy atom. The number of nitrogens with one attached hydrogen (secondary N) is 1. The second kappa shape index (κ2) is 6.84. The Hall–Kier alpha value is -1.66. The Morgan fingerprint density at radius 1 is 1.22 bits per heavy atom. The molecule has 1 fully saturated rings. The molecule has 124 valence electrons. The van der Waals surface area contributed by atoms with Crippen LogP contribution in [0.3, 0.4) is 0 Å². The molecule has 2 aromatic rings. The van der Waals surface area contributed by atoms with Crippen molar-refractivity contribution in [3.05, 3.63) is 36.5 Å². The van der Waals surface area contributed by atoms with Crippen molar-refractivity contribution in [2.45, 2.75) is 50.0 Å². The fraction of sp³-hybridized carbons (Fsp3) is 0.471. The topological polar surface area (TPSA) is 64.0 Å². The van der Waals surface area contributed by atoms with Gasteiger partial charge in [-0.15, -0.1) is 0 Å². The van der Waals surface area contributed by atoms with Gasteiger partial charge in [0.2, 0.25) is 10.0 Å². The second-order valence-corrected chi connectivity index (χ2v) is 7.76. The summed E-state index contributed by atoms with van der Waals surface area (Å²) in [5, 5.41) is 4.63. The first-order valence-electron chi connectivity index (χ1n) is 8.26. The molecular weight excluding hydrogens is 310 g/mol. The lowest BCUT2D eigenvalue weighted by atomic mass is 10.2. The van der Waals surface area contributed by atoms with Crippen molar-refractivity contribution in [1.82, 2.24) is 14.5 Å². The minimum atomic E-state index is -3.54. The highest BCUT2D eigenvalue weighted by molar-refractivity contribution is 7.89. The molecule has 0 unspecified atom stereocenters. The van der Waals surface area contributed by atoms with Gasteiger partial charge in [0.25, 0.3) is 0 Å². The van der Waals surface area contributed by atoms with Crippen LogP contribution in [0.5, 0.6) is 0 Å². The second-order valence-electron chi connectivity index (χ2n) is 6.02. The quantitative estimate of drug-likeness (QED) is 0.881. The molecule has 5 nitrogen and oxygen atoms in total. The summed E-state index contributed by atoms with van der Waals surface area (Å²) in [6.45, 7) is 2.38. The van der Waals surface area contributed by atoms with Crippen molar-refractivity contribution < 1.29 is 8.42 Å². The molecule has 1 aliphatic rings. The molecule has 1 saturated carbocycles. The predicted octanol–water partition coefficient (Wildman–Crippen LogP) is 3.35. The molecule has 23 heavy (non-hydrogen) atoms. The van der Waals surface area contributed by atoms with Crippen LogP contribution in [-0.2, 0) is 10.0 Å². The van der Waals surface area contributed by atoms with E-state index in [9.17, 15) is 8.42 Å². The lowest BCUT2D eigenvalue weighted by Gasteiger charge is -2.08. The number of benzene rings is 1. The lowest BCUT2D eigenvalue weighted by molar-refractivity contribution is 0.467. The number of hydrogen-bond donors (Lipinski definition) is 1. The van der Waals surface area contributed by atoms with Crippen LogP contribution in [0, 0.1) is 0 Å². The molecule has 1 aromatic heterocycles. The third-order valence-electron chi connectivity index (χ3n) is 4.28. The van der Waals surface area contributed by atoms with Gasteiger partial charge in [0, 0.05) is 18.3 Å². The minimum absolute atomic E-state index is 0.282. The van der Waals surface area contributed by atoms with Crippen LogP contribution in [0.1, 0.15) is 45.1 Å². The Bertz CT molecular complexity index is 747. The van der Waals surface area contributed by atoms with E-state index in [4.69, 9.17) is 0 Å². The van der Waals surface area contributed by atoms with Crippen LogP contribution in [-0.4, -0.2) is 24.7 Å². The number of nitrogens with zero attached hydrogens (tertiary/aromatic N) is 2. The molecule has 1 heterocycles. The molecule has 0 amide bonds. The number of hydrogen-bond acceptors (Lipinski definition) is 3. The summed E-state index contributed by atoms with van der Waals surface area (Å²) in [5.41, 5.74) is 1.38. The smallest absolute Gasteiger partial charge is 0.244 e. The molecule has 6 heteroatoms. The van der Waals surface area contributed by atoms with Gasteiger partial charge in [0.1, 0.15) is 10.6 Å². The van der Waals surface area contributed by atoms with Gasteiger partial charge in [0.15, 0.2) is 0 Å². The van der Waals surface area contributed by atoms with Crippen LogP contribution in [0.2, 0.25) is 0 Å². The first-order chi connectivity index (χ1) is 11.1. The van der Waals surface area contributed by atoms with Crippen molar-refractivity contribution in [1.29, 1.82) is 0 Å². The first kappa shape index (κ1) is 16.2. The van der Waals surface area contributed by atoms with E-state index < -0.39 is 10.0 Å². The molecule has 0 radical (unpaired) electrons. The molecule has 3 rings (SSSR count). The average molecular weight is 333 g/mol. The molecule has 1 N–H and O–H groups in total. The third-order valence-corrected chi connectivity index (χ3v) is 5.74. The molecule has 0 aliphatic heterocycles. The normalized spacial score (nSPS) is 16.0. The highest BCUT2D eigenvalue weighted by Crippen LogP contribution is 2.33. The monoisotopic (exact) mass is 333 g/mol. The summed E-state index contributed by atoms with van der Waals surface area (Å²) in [6.07, 6.45) is 6.96. The Morgan fingerprint density at radius 3 is 2.57 bits per heavy atom. The Labute approximate surface area is 137 Å². The molecule has 0 saturated heterocycles. The fourth-order valence-corrected chi connectivity index (χ4v) is 4.33. The van der Waals surface area contributed by atoms with E-state index in [-0.39, 0.29) is 4.90 Å². The standard InChI is InChI=1S/C17H23N3O2S/c1-2-12-18-23(21,22)16-13-20(15-10-6-7-11-15)19-17(16)14-8-4-3-5-9-14/h3-5,8-9,13,15,18H,2,6-7,10-12H2,1H3. The zero-order chi connectivity index (χ0) is 16.3. The molecular formula is C17H23N3O2S. The van der Waals surface area contributed by atoms with Crippen LogP contribution in [0.15, 0.2) is 41.4 Å². The van der Waals surface area contributed by atoms with E-state index >= 15 is 0 Å². The zero-order valence-corrected chi connectivity index (χ0v) is 14.2. The van der Waals surface area contributed by atoms with E-state index in [0.29, 0.717) is 18.3 Å². The molecule has 0 atom stereocenters. The van der Waals surface area contributed by atoms with Gasteiger partial charge in [-0.05, 0) is 19.3 Å². The maximum Gasteiger partial charge on any atom is 0.244 e. The summed E-state index contributed by atoms with van der Waals surface area (Å²) in [6, 6.07) is 9.84. The zero-order valence-electron chi connectivity index (χ0n) is 13.4. The molecule has 0 spiro atoms. The number of rotatable bonds is 6. The fourth-order valence-electron chi connectivity index (χ4n) is 3.04. The predicted molar refractivity (Wildman–Crippen MR) is 90.6 cm³/mol. The summed E-state index contributed by atoms with van der Waals surface area (Å²) in [7, 11) is -3.54. The van der Waals surface area contributed by atoms with Crippen molar-refractivity contribution in [3.63, 3.8) is 0 Å². The number of sulfonamides is 1. The van der Waals surface area contributed by atoms with Gasteiger partial charge >= 0.3 is 0 Å². The summed E-state index contributed by atoms with van der Waals surface area (Å²) < 4.78 is 29.8. The van der Waals surface area contributed by atoms with E-state index in [0.717, 1.165) is 24.8 Å². The van der Waals surface area contributed by atoms with Crippen LogP contribution < -0.4 is 4.72 Å². The van der Waals surface area contributed by atoms with Crippen LogP contribution in [0.25, 0.3) is 11.3 Å². The molecule has 1 aliphatic carbocycles. The van der Waals surface area contributed by atoms with Crippen molar-refractivity contribution in [2.24, 2.45) is 0 Å². The summed E-state index contributed by atoms with van der Waals surface area (Å²) in [5.74, 6) is 0. The molecule has 0 bridgehead atoms. The maximum absolute atomic E-state index is 12.6. The largest absolute Gasteiger partial charge is 0.268 e. The van der Waals surface area contributed by atoms with E-state index in [1.54, 1.807) is 6.20 Å². The summed E-state index contributed by atoms with van der Waals surface area (Å²) >= 11 is 0. The van der Waals surface area contributed by atoms with Crippen molar-refractivity contribution in [2.75, 3.05) is 6.54 Å². The maximum atomic E-state index is 12.6. The summed E-state index contributed by atoms with van der Waals surface area (Å²) in [4.78, 5) is 0.282. The van der Waals surface area contributed by atoms with Crippen molar-refractivity contribution >= 4 is 10.0 Å². The average Bonchev–Trinajstić information content (AvgIpc) is 3.23. The lowest BCUT2D eigenvalue weighted by Crippen LogP contribution is -2.24. The van der Waals surface area contributed by atoms with Gasteiger partial charge in [-0.1, -0.05) is 50.1 Å². The van der Waals surface area contributed by atoms with Gasteiger partial charge in [-0.25, -0.2) is 13.1 Å². The van der Waals surface area contributed by atoms with Crippen LogP contribution in [0.4, 0.5) is 0 Å². The van der Waals surface area contributed by atoms with Gasteiger partial charge in [0.05, 0.1) is 6.04 Å². The Balaban J connectivity index is 2.05. The van der Waals surface area contributed by atoms with Gasteiger partial charge in [-0.2, -0.15) is 5.10 Å². The minimum Gasteiger partial charge on any atom is -0.268 e. The third kappa shape index (κ3) is 3.48. The highest BCUT2D eigenvalue weighted by Gasteiger charge is 2.26. The van der Waals surface area contributed by atoms with Crippen molar-refractivity contribution in [3.8, 4) is 11.3 Å². The van der Waals surface area contributed by atoms with Gasteiger partial charge in [-0.3, -0.25) is 4.68 Å². The van der Waals surface area contributed by atoms with Gasteiger partial charge < -0.3 is 0 Å². The van der Waals surface area contributed by atoms with E-state index in [1.807, 2.05) is 41.9 Å². The molecule has 1 aromatic carbocycles. The van der Waals surface area contributed by atoms with E-state index in [2.05, 4.69) is 9.82 Å². The highest BCUT2D eigenvalue weighted by atomic mass is 32.2. The van der Waals surface area contributed by atoms with E-state index in [1.165, 1.54) is 12.8 Å². The Kier molecular flexibility index (Phi) is 4.82.